The number of aryl methyl sites for hydroxylation is 1. The third kappa shape index (κ3) is 2.71. The fourth-order valence-corrected chi connectivity index (χ4v) is 2.98. The van der Waals surface area contributed by atoms with Crippen molar-refractivity contribution in [3.8, 4) is 0 Å². The van der Waals surface area contributed by atoms with Crippen LogP contribution in [0.3, 0.4) is 0 Å². The molecule has 1 aliphatic heterocycles. The van der Waals surface area contributed by atoms with Gasteiger partial charge in [-0.05, 0) is 52.9 Å². The lowest BCUT2D eigenvalue weighted by Crippen LogP contribution is -2.28. The van der Waals surface area contributed by atoms with Crippen LogP contribution in [0.4, 0.5) is 0 Å². The molecule has 0 aliphatic carbocycles. The van der Waals surface area contributed by atoms with Gasteiger partial charge in [0.05, 0.1) is 5.56 Å². The van der Waals surface area contributed by atoms with E-state index in [-0.39, 0.29) is 5.91 Å². The van der Waals surface area contributed by atoms with Gasteiger partial charge in [0.2, 0.25) is 0 Å². The van der Waals surface area contributed by atoms with Gasteiger partial charge in [0.1, 0.15) is 0 Å². The molecule has 1 aromatic carbocycles. The fourth-order valence-electron chi connectivity index (χ4n) is 2.31. The summed E-state index contributed by atoms with van der Waals surface area (Å²) in [5, 5.41) is 0. The Morgan fingerprint density at radius 2 is 2.29 bits per heavy atom. The average Bonchev–Trinajstić information content (AvgIpc) is 2.76. The summed E-state index contributed by atoms with van der Waals surface area (Å²) >= 11 is 3.48. The van der Waals surface area contributed by atoms with Crippen LogP contribution in [0, 0.1) is 12.8 Å². The van der Waals surface area contributed by atoms with Crippen LogP contribution >= 0.6 is 15.9 Å². The molecule has 0 bridgehead atoms. The van der Waals surface area contributed by atoms with Crippen LogP contribution in [0.5, 0.6) is 0 Å². The van der Waals surface area contributed by atoms with Gasteiger partial charge in [0.15, 0.2) is 0 Å². The van der Waals surface area contributed by atoms with Crippen molar-refractivity contribution in [1.82, 2.24) is 4.90 Å². The zero-order chi connectivity index (χ0) is 12.4. The summed E-state index contributed by atoms with van der Waals surface area (Å²) in [6.07, 6.45) is 2.31. The van der Waals surface area contributed by atoms with Crippen LogP contribution in [-0.2, 0) is 0 Å². The average molecular weight is 296 g/mol. The molecule has 1 atom stereocenters. The predicted octanol–water partition coefficient (Wildman–Crippen LogP) is 3.63. The molecule has 1 saturated heterocycles. The summed E-state index contributed by atoms with van der Waals surface area (Å²) in [5.74, 6) is 0.844. The van der Waals surface area contributed by atoms with E-state index in [1.54, 1.807) is 0 Å². The molecule has 1 aromatic rings. The van der Waals surface area contributed by atoms with Crippen molar-refractivity contribution in [3.05, 3.63) is 33.8 Å². The van der Waals surface area contributed by atoms with Gasteiger partial charge in [-0.2, -0.15) is 0 Å². The highest BCUT2D eigenvalue weighted by atomic mass is 79.9. The van der Waals surface area contributed by atoms with Gasteiger partial charge < -0.3 is 4.90 Å². The fraction of sp³-hybridized carbons (Fsp3) is 0.500. The maximum atomic E-state index is 12.3. The number of carbonyl (C=O) groups is 1. The number of hydrogen-bond donors (Lipinski definition) is 0. The molecule has 0 spiro atoms. The molecule has 1 aliphatic rings. The topological polar surface area (TPSA) is 20.3 Å². The molecular weight excluding hydrogens is 278 g/mol. The van der Waals surface area contributed by atoms with Crippen molar-refractivity contribution in [2.75, 3.05) is 13.1 Å². The number of halogens is 1. The largest absolute Gasteiger partial charge is 0.338 e. The van der Waals surface area contributed by atoms with Crippen molar-refractivity contribution < 1.29 is 4.79 Å². The molecule has 92 valence electrons. The molecule has 1 unspecified atom stereocenters. The Morgan fingerprint density at radius 3 is 2.88 bits per heavy atom. The molecule has 2 rings (SSSR count). The van der Waals surface area contributed by atoms with Gasteiger partial charge in [-0.15, -0.1) is 0 Å². The van der Waals surface area contributed by atoms with Gasteiger partial charge in [-0.25, -0.2) is 0 Å². The SMILES string of the molecule is CCC1CCN(C(=O)c2ccc(C)cc2Br)C1. The van der Waals surface area contributed by atoms with Crippen LogP contribution in [0.15, 0.2) is 22.7 Å². The summed E-state index contributed by atoms with van der Waals surface area (Å²) in [4.78, 5) is 14.3. The van der Waals surface area contributed by atoms with Crippen LogP contribution in [-0.4, -0.2) is 23.9 Å². The first-order valence-corrected chi connectivity index (χ1v) is 6.96. The van der Waals surface area contributed by atoms with Gasteiger partial charge in [-0.1, -0.05) is 19.4 Å². The number of rotatable bonds is 2. The highest BCUT2D eigenvalue weighted by Gasteiger charge is 2.26. The zero-order valence-electron chi connectivity index (χ0n) is 10.4. The second-order valence-corrected chi connectivity index (χ2v) is 5.65. The molecule has 0 N–H and O–H groups in total. The first-order valence-electron chi connectivity index (χ1n) is 6.17. The van der Waals surface area contributed by atoms with Crippen molar-refractivity contribution in [1.29, 1.82) is 0 Å². The molecule has 0 saturated carbocycles. The van der Waals surface area contributed by atoms with E-state index in [0.29, 0.717) is 5.92 Å². The van der Waals surface area contributed by atoms with Gasteiger partial charge in [0.25, 0.3) is 5.91 Å². The van der Waals surface area contributed by atoms with E-state index < -0.39 is 0 Å². The van der Waals surface area contributed by atoms with Crippen molar-refractivity contribution in [2.45, 2.75) is 26.7 Å². The Bertz CT molecular complexity index is 430. The lowest BCUT2D eigenvalue weighted by Gasteiger charge is -2.17. The van der Waals surface area contributed by atoms with E-state index in [1.807, 2.05) is 30.0 Å². The lowest BCUT2D eigenvalue weighted by molar-refractivity contribution is 0.0786. The minimum absolute atomic E-state index is 0.160. The Labute approximate surface area is 111 Å². The Hall–Kier alpha value is -0.830. The van der Waals surface area contributed by atoms with E-state index in [9.17, 15) is 4.79 Å². The maximum absolute atomic E-state index is 12.3. The van der Waals surface area contributed by atoms with Gasteiger partial charge >= 0.3 is 0 Å². The number of likely N-dealkylation sites (tertiary alicyclic amines) is 1. The standard InChI is InChI=1S/C14H18BrNO/c1-3-11-6-7-16(9-11)14(17)12-5-4-10(2)8-13(12)15/h4-5,8,11H,3,6-7,9H2,1-2H3. The first-order chi connectivity index (χ1) is 8.11. The van der Waals surface area contributed by atoms with Crippen LogP contribution in [0.25, 0.3) is 0 Å². The van der Waals surface area contributed by atoms with E-state index in [1.165, 1.54) is 12.0 Å². The molecule has 0 aromatic heterocycles. The molecule has 2 nitrogen and oxygen atoms in total. The maximum Gasteiger partial charge on any atom is 0.255 e. The lowest BCUT2D eigenvalue weighted by atomic mass is 10.1. The monoisotopic (exact) mass is 295 g/mol. The van der Waals surface area contributed by atoms with Crippen LogP contribution < -0.4 is 0 Å². The minimum Gasteiger partial charge on any atom is -0.338 e. The predicted molar refractivity (Wildman–Crippen MR) is 73.2 cm³/mol. The molecule has 1 fully saturated rings. The minimum atomic E-state index is 0.160. The second kappa shape index (κ2) is 5.21. The normalized spacial score (nSPS) is 19.7. The molecule has 17 heavy (non-hydrogen) atoms. The van der Waals surface area contributed by atoms with Gasteiger partial charge in [0, 0.05) is 17.6 Å². The summed E-state index contributed by atoms with van der Waals surface area (Å²) in [7, 11) is 0. The quantitative estimate of drug-likeness (QED) is 0.816. The molecule has 1 heterocycles. The van der Waals surface area contributed by atoms with Gasteiger partial charge in [-0.3, -0.25) is 4.79 Å². The molecular formula is C14H18BrNO. The summed E-state index contributed by atoms with van der Waals surface area (Å²) in [5.41, 5.74) is 1.95. The highest BCUT2D eigenvalue weighted by molar-refractivity contribution is 9.10. The smallest absolute Gasteiger partial charge is 0.255 e. The number of amides is 1. The van der Waals surface area contributed by atoms with E-state index in [0.717, 1.165) is 29.5 Å². The van der Waals surface area contributed by atoms with Crippen molar-refractivity contribution >= 4 is 21.8 Å². The molecule has 0 radical (unpaired) electrons. The third-order valence-corrected chi connectivity index (χ3v) is 4.16. The number of benzene rings is 1. The summed E-state index contributed by atoms with van der Waals surface area (Å²) in [6, 6.07) is 5.91. The molecule has 3 heteroatoms. The van der Waals surface area contributed by atoms with E-state index in [2.05, 4.69) is 22.9 Å². The Kier molecular flexibility index (Phi) is 3.87. The third-order valence-electron chi connectivity index (χ3n) is 3.51. The zero-order valence-corrected chi connectivity index (χ0v) is 12.0. The Balaban J connectivity index is 2.15. The van der Waals surface area contributed by atoms with Crippen molar-refractivity contribution in [2.24, 2.45) is 5.92 Å². The van der Waals surface area contributed by atoms with E-state index in [4.69, 9.17) is 0 Å². The number of nitrogens with zero attached hydrogens (tertiary/aromatic N) is 1. The Morgan fingerprint density at radius 1 is 1.53 bits per heavy atom. The summed E-state index contributed by atoms with van der Waals surface area (Å²) in [6.45, 7) is 6.04. The second-order valence-electron chi connectivity index (χ2n) is 4.80. The highest BCUT2D eigenvalue weighted by Crippen LogP contribution is 2.24. The number of hydrogen-bond acceptors (Lipinski definition) is 1. The van der Waals surface area contributed by atoms with Crippen LogP contribution in [0.1, 0.15) is 35.7 Å². The van der Waals surface area contributed by atoms with Crippen molar-refractivity contribution in [3.63, 3.8) is 0 Å². The van der Waals surface area contributed by atoms with E-state index >= 15 is 0 Å². The first kappa shape index (κ1) is 12.6. The van der Waals surface area contributed by atoms with Crippen LogP contribution in [0.2, 0.25) is 0 Å². The number of carbonyl (C=O) groups excluding carboxylic acids is 1. The molecule has 1 amide bonds. The summed E-state index contributed by atoms with van der Waals surface area (Å²) < 4.78 is 0.905.